The second-order valence-corrected chi connectivity index (χ2v) is 7.81. The van der Waals surface area contributed by atoms with Gasteiger partial charge in [-0.3, -0.25) is 9.59 Å². The number of hydrogen-bond acceptors (Lipinski definition) is 4. The number of carbonyl (C=O) groups excluding carboxylic acids is 3. The lowest BCUT2D eigenvalue weighted by atomic mass is 9.97. The van der Waals surface area contributed by atoms with Gasteiger partial charge in [0.25, 0.3) is 11.8 Å². The van der Waals surface area contributed by atoms with E-state index in [1.54, 1.807) is 6.07 Å². The minimum absolute atomic E-state index is 0.0893. The summed E-state index contributed by atoms with van der Waals surface area (Å²) in [6.45, 7) is 0. The molecule has 0 N–H and O–H groups in total. The number of imide groups is 1. The molecule has 0 radical (unpaired) electrons. The zero-order valence-electron chi connectivity index (χ0n) is 14.9. The van der Waals surface area contributed by atoms with Crippen LogP contribution in [0.2, 0.25) is 10.0 Å². The van der Waals surface area contributed by atoms with Crippen molar-refractivity contribution in [3.05, 3.63) is 63.1 Å². The van der Waals surface area contributed by atoms with Crippen LogP contribution in [-0.2, 0) is 4.74 Å². The summed E-state index contributed by atoms with van der Waals surface area (Å²) in [5.41, 5.74) is 0.839. The molecule has 5 nitrogen and oxygen atoms in total. The molecular formula is C21H17Cl2NO4. The number of halogens is 2. The van der Waals surface area contributed by atoms with E-state index in [0.29, 0.717) is 5.02 Å². The third-order valence-corrected chi connectivity index (χ3v) is 5.65. The van der Waals surface area contributed by atoms with Crippen molar-refractivity contribution in [2.45, 2.75) is 38.2 Å². The fraction of sp³-hybridized carbons (Fsp3) is 0.286. The number of hydrogen-bond donors (Lipinski definition) is 0. The maximum absolute atomic E-state index is 12.9. The predicted octanol–water partition coefficient (Wildman–Crippen LogP) is 5.28. The highest BCUT2D eigenvalue weighted by atomic mass is 35.5. The molecule has 1 fully saturated rings. The molecule has 0 saturated heterocycles. The smallest absolute Gasteiger partial charge is 0.338 e. The topological polar surface area (TPSA) is 63.7 Å². The van der Waals surface area contributed by atoms with E-state index in [2.05, 4.69) is 0 Å². The maximum atomic E-state index is 12.9. The summed E-state index contributed by atoms with van der Waals surface area (Å²) in [5.74, 6) is -1.53. The fourth-order valence-electron chi connectivity index (χ4n) is 3.65. The highest BCUT2D eigenvalue weighted by Gasteiger charge is 2.38. The van der Waals surface area contributed by atoms with E-state index in [0.717, 1.165) is 37.0 Å². The number of amides is 2. The van der Waals surface area contributed by atoms with Gasteiger partial charge >= 0.3 is 5.97 Å². The van der Waals surface area contributed by atoms with Crippen LogP contribution in [0.4, 0.5) is 5.69 Å². The highest BCUT2D eigenvalue weighted by Crippen LogP contribution is 2.35. The van der Waals surface area contributed by atoms with Gasteiger partial charge in [0.05, 0.1) is 27.4 Å². The zero-order valence-corrected chi connectivity index (χ0v) is 16.4. The molecule has 1 saturated carbocycles. The first-order valence-corrected chi connectivity index (χ1v) is 9.90. The second-order valence-electron chi connectivity index (χ2n) is 6.97. The van der Waals surface area contributed by atoms with Crippen molar-refractivity contribution in [2.75, 3.05) is 4.90 Å². The number of rotatable bonds is 3. The van der Waals surface area contributed by atoms with Crippen LogP contribution in [0.5, 0.6) is 0 Å². The van der Waals surface area contributed by atoms with Crippen molar-refractivity contribution in [1.82, 2.24) is 0 Å². The van der Waals surface area contributed by atoms with E-state index in [1.165, 1.54) is 30.3 Å². The van der Waals surface area contributed by atoms with Crippen LogP contribution in [-0.4, -0.2) is 23.9 Å². The summed E-state index contributed by atoms with van der Waals surface area (Å²) in [5, 5.41) is 0.587. The highest BCUT2D eigenvalue weighted by molar-refractivity contribution is 6.41. The first kappa shape index (κ1) is 19.0. The molecule has 0 unspecified atom stereocenters. The van der Waals surface area contributed by atoms with Crippen LogP contribution >= 0.6 is 23.2 Å². The quantitative estimate of drug-likeness (QED) is 0.502. The number of nitrogens with zero attached hydrogens (tertiary/aromatic N) is 1. The maximum Gasteiger partial charge on any atom is 0.338 e. The van der Waals surface area contributed by atoms with Gasteiger partial charge < -0.3 is 4.74 Å². The van der Waals surface area contributed by atoms with E-state index < -0.39 is 17.8 Å². The molecular weight excluding hydrogens is 401 g/mol. The van der Waals surface area contributed by atoms with Crippen LogP contribution in [0, 0.1) is 0 Å². The third-order valence-electron chi connectivity index (χ3n) is 5.10. The van der Waals surface area contributed by atoms with Crippen molar-refractivity contribution >= 4 is 46.7 Å². The number of ether oxygens (including phenoxy) is 1. The normalized spacial score (nSPS) is 17.0. The number of esters is 1. The van der Waals surface area contributed by atoms with Gasteiger partial charge in [-0.1, -0.05) is 29.6 Å². The Kier molecular flexibility index (Phi) is 5.13. The molecule has 28 heavy (non-hydrogen) atoms. The van der Waals surface area contributed by atoms with Crippen molar-refractivity contribution < 1.29 is 19.1 Å². The summed E-state index contributed by atoms with van der Waals surface area (Å²) in [6, 6.07) is 8.97. The minimum atomic E-state index is -0.545. The van der Waals surface area contributed by atoms with E-state index in [1.807, 2.05) is 0 Å². The standard InChI is InChI=1S/C21H17Cl2NO4/c22-13-7-9-17(23)18(11-13)24-19(25)15-8-6-12(10-16(15)20(24)26)21(27)28-14-4-2-1-3-5-14/h6-11,14H,1-5H2. The van der Waals surface area contributed by atoms with Gasteiger partial charge in [0.1, 0.15) is 6.10 Å². The van der Waals surface area contributed by atoms with Gasteiger partial charge in [0, 0.05) is 5.02 Å². The van der Waals surface area contributed by atoms with Crippen LogP contribution in [0.15, 0.2) is 36.4 Å². The Hall–Kier alpha value is -2.37. The van der Waals surface area contributed by atoms with Crippen molar-refractivity contribution in [1.29, 1.82) is 0 Å². The van der Waals surface area contributed by atoms with Gasteiger partial charge in [0.15, 0.2) is 0 Å². The molecule has 1 aliphatic carbocycles. The lowest BCUT2D eigenvalue weighted by molar-refractivity contribution is 0.0211. The second kappa shape index (κ2) is 7.57. The Labute approximate surface area is 172 Å². The van der Waals surface area contributed by atoms with Crippen LogP contribution in [0.3, 0.4) is 0 Å². The molecule has 2 aliphatic rings. The summed E-state index contributed by atoms with van der Waals surface area (Å²) in [7, 11) is 0. The van der Waals surface area contributed by atoms with Gasteiger partial charge in [0.2, 0.25) is 0 Å². The Morgan fingerprint density at radius 3 is 2.39 bits per heavy atom. The molecule has 2 aromatic rings. The minimum Gasteiger partial charge on any atom is -0.459 e. The average Bonchev–Trinajstić information content (AvgIpc) is 2.94. The molecule has 0 atom stereocenters. The molecule has 2 aromatic carbocycles. The molecule has 0 aromatic heterocycles. The van der Waals surface area contributed by atoms with Crippen LogP contribution in [0.1, 0.15) is 63.2 Å². The van der Waals surface area contributed by atoms with E-state index in [-0.39, 0.29) is 33.5 Å². The molecule has 2 amide bonds. The molecule has 144 valence electrons. The number of fused-ring (bicyclic) bond motifs is 1. The zero-order chi connectivity index (χ0) is 19.8. The summed E-state index contributed by atoms with van der Waals surface area (Å²) >= 11 is 12.2. The van der Waals surface area contributed by atoms with Gasteiger partial charge in [-0.2, -0.15) is 0 Å². The predicted molar refractivity (Wildman–Crippen MR) is 106 cm³/mol. The lowest BCUT2D eigenvalue weighted by Gasteiger charge is -2.21. The largest absolute Gasteiger partial charge is 0.459 e. The molecule has 7 heteroatoms. The number of carbonyl (C=O) groups is 3. The summed E-state index contributed by atoms with van der Waals surface area (Å²) in [6.07, 6.45) is 4.87. The fourth-order valence-corrected chi connectivity index (χ4v) is 4.01. The SMILES string of the molecule is O=C(OC1CCCCC1)c1ccc2c(c1)C(=O)N(c1cc(Cl)ccc1Cl)C2=O. The molecule has 0 bridgehead atoms. The number of benzene rings is 2. The monoisotopic (exact) mass is 417 g/mol. The van der Waals surface area contributed by atoms with Gasteiger partial charge in [-0.05, 0) is 62.1 Å². The van der Waals surface area contributed by atoms with Gasteiger partial charge in [-0.25, -0.2) is 9.69 Å². The molecule has 4 rings (SSSR count). The molecule has 0 spiro atoms. The number of anilines is 1. The van der Waals surface area contributed by atoms with Crippen LogP contribution < -0.4 is 4.90 Å². The van der Waals surface area contributed by atoms with Crippen molar-refractivity contribution in [2.24, 2.45) is 0 Å². The molecule has 1 heterocycles. The van der Waals surface area contributed by atoms with Crippen molar-refractivity contribution in [3.8, 4) is 0 Å². The Morgan fingerprint density at radius 1 is 0.929 bits per heavy atom. The molecule has 1 aliphatic heterocycles. The third kappa shape index (κ3) is 3.40. The summed E-state index contributed by atoms with van der Waals surface area (Å²) in [4.78, 5) is 39.1. The van der Waals surface area contributed by atoms with Crippen LogP contribution in [0.25, 0.3) is 0 Å². The van der Waals surface area contributed by atoms with E-state index in [4.69, 9.17) is 27.9 Å². The average molecular weight is 418 g/mol. The van der Waals surface area contributed by atoms with Crippen molar-refractivity contribution in [3.63, 3.8) is 0 Å². The van der Waals surface area contributed by atoms with Gasteiger partial charge in [-0.15, -0.1) is 0 Å². The van der Waals surface area contributed by atoms with E-state index >= 15 is 0 Å². The first-order valence-electron chi connectivity index (χ1n) is 9.14. The summed E-state index contributed by atoms with van der Waals surface area (Å²) < 4.78 is 5.56. The lowest BCUT2D eigenvalue weighted by Crippen LogP contribution is -2.29. The van der Waals surface area contributed by atoms with E-state index in [9.17, 15) is 14.4 Å². The Bertz CT molecular complexity index is 982. The Morgan fingerprint density at radius 2 is 1.64 bits per heavy atom. The first-order chi connectivity index (χ1) is 13.5. The Balaban J connectivity index is 1.62.